The Hall–Kier alpha value is -3.54. The van der Waals surface area contributed by atoms with Crippen molar-refractivity contribution in [3.63, 3.8) is 0 Å². The van der Waals surface area contributed by atoms with Crippen molar-refractivity contribution in [2.24, 2.45) is 5.92 Å². The van der Waals surface area contributed by atoms with E-state index < -0.39 is 48.9 Å². The first-order chi connectivity index (χ1) is 24.9. The van der Waals surface area contributed by atoms with Crippen molar-refractivity contribution >= 4 is 43.4 Å². The van der Waals surface area contributed by atoms with Gasteiger partial charge in [0.2, 0.25) is 0 Å². The fourth-order valence-electron chi connectivity index (χ4n) is 6.71. The molecule has 2 amide bonds. The smallest absolute Gasteiger partial charge is 0.407 e. The number of allylic oxidation sites excluding steroid dienone is 1. The van der Waals surface area contributed by atoms with Crippen molar-refractivity contribution in [3.05, 3.63) is 83.4 Å². The van der Waals surface area contributed by atoms with Crippen LogP contribution in [-0.4, -0.2) is 71.6 Å². The molecule has 0 unspecified atom stereocenters. The van der Waals surface area contributed by atoms with Crippen molar-refractivity contribution in [1.82, 2.24) is 10.2 Å². The molecule has 1 saturated heterocycles. The van der Waals surface area contributed by atoms with Crippen LogP contribution < -0.4 is 5.32 Å². The highest BCUT2D eigenvalue weighted by molar-refractivity contribution is 7.80. The molecular formula is C42H62N2O7SSi. The van der Waals surface area contributed by atoms with Crippen LogP contribution >= 0.6 is 12.2 Å². The zero-order chi connectivity index (χ0) is 39.5. The lowest BCUT2D eigenvalue weighted by molar-refractivity contribution is -0.175. The molecule has 1 fully saturated rings. The third kappa shape index (κ3) is 11.7. The molecule has 0 radical (unpaired) electrons. The van der Waals surface area contributed by atoms with Crippen LogP contribution in [0.15, 0.2) is 72.3 Å². The number of alkyl carbamates (subject to hydrolysis) is 1. The summed E-state index contributed by atoms with van der Waals surface area (Å²) < 4.78 is 17.8. The summed E-state index contributed by atoms with van der Waals surface area (Å²) in [4.78, 5) is 42.5. The van der Waals surface area contributed by atoms with Crippen LogP contribution in [0, 0.1) is 5.92 Å². The van der Waals surface area contributed by atoms with E-state index in [0.717, 1.165) is 36.4 Å². The van der Waals surface area contributed by atoms with Gasteiger partial charge in [0.05, 0.1) is 18.2 Å². The molecule has 2 N–H and O–H groups in total. The van der Waals surface area contributed by atoms with Gasteiger partial charge in [-0.05, 0) is 70.6 Å². The van der Waals surface area contributed by atoms with E-state index in [2.05, 4.69) is 25.0 Å². The predicted octanol–water partition coefficient (Wildman–Crippen LogP) is 8.91. The van der Waals surface area contributed by atoms with Crippen molar-refractivity contribution in [2.75, 3.05) is 13.2 Å². The molecule has 0 aliphatic carbocycles. The Kier molecular flexibility index (Phi) is 15.9. The number of carbonyl (C=O) groups is 3. The number of unbranched alkanes of at least 4 members (excludes halogenated alkanes) is 4. The number of thiocarbonyl (C=S) groups is 1. The number of carbonyl (C=O) groups excluding carboxylic acids is 3. The molecule has 292 valence electrons. The minimum absolute atomic E-state index is 0.0183. The van der Waals surface area contributed by atoms with Crippen molar-refractivity contribution in [1.29, 1.82) is 0 Å². The number of nitrogens with one attached hydrogen (secondary N) is 1. The van der Waals surface area contributed by atoms with E-state index in [0.29, 0.717) is 32.4 Å². The van der Waals surface area contributed by atoms with Gasteiger partial charge in [-0.3, -0.25) is 9.69 Å². The molecule has 2 atom stereocenters. The second-order valence-electron chi connectivity index (χ2n) is 16.5. The molecule has 2 aromatic carbocycles. The van der Waals surface area contributed by atoms with Crippen molar-refractivity contribution in [3.8, 4) is 0 Å². The summed E-state index contributed by atoms with van der Waals surface area (Å²) in [6.07, 6.45) is 5.24. The molecule has 1 aliphatic heterocycles. The average molecular weight is 767 g/mol. The number of rotatable bonds is 18. The van der Waals surface area contributed by atoms with E-state index in [1.807, 2.05) is 81.4 Å². The van der Waals surface area contributed by atoms with Crippen LogP contribution in [-0.2, 0) is 29.4 Å². The van der Waals surface area contributed by atoms with Gasteiger partial charge in [-0.2, -0.15) is 0 Å². The maximum Gasteiger partial charge on any atom is 0.407 e. The maximum atomic E-state index is 15.1. The number of benzene rings is 2. The Morgan fingerprint density at radius 2 is 1.55 bits per heavy atom. The molecule has 11 heteroatoms. The number of hydrogen-bond acceptors (Lipinski definition) is 8. The number of ether oxygens (including phenoxy) is 3. The number of esters is 1. The van der Waals surface area contributed by atoms with Gasteiger partial charge in [0.1, 0.15) is 5.60 Å². The minimum atomic E-state index is -2.22. The predicted molar refractivity (Wildman–Crippen MR) is 217 cm³/mol. The molecular weight excluding hydrogens is 705 g/mol. The second-order valence-corrected chi connectivity index (χ2v) is 22.5. The van der Waals surface area contributed by atoms with Crippen LogP contribution in [0.4, 0.5) is 4.79 Å². The third-order valence-corrected chi connectivity index (χ3v) is 11.2. The van der Waals surface area contributed by atoms with Crippen LogP contribution in [0.1, 0.15) is 97.6 Å². The molecule has 0 spiro atoms. The van der Waals surface area contributed by atoms with E-state index in [-0.39, 0.29) is 23.1 Å². The zero-order valence-corrected chi connectivity index (χ0v) is 35.1. The van der Waals surface area contributed by atoms with Crippen molar-refractivity contribution < 1.29 is 33.7 Å². The van der Waals surface area contributed by atoms with Gasteiger partial charge < -0.3 is 24.6 Å². The second kappa shape index (κ2) is 19.2. The Balaban J connectivity index is 1.92. The van der Waals surface area contributed by atoms with Gasteiger partial charge in [0.15, 0.2) is 11.2 Å². The quantitative estimate of drug-likeness (QED) is 0.0509. The van der Waals surface area contributed by atoms with E-state index in [1.165, 1.54) is 4.90 Å². The lowest BCUT2D eigenvalue weighted by Gasteiger charge is -2.39. The zero-order valence-electron chi connectivity index (χ0n) is 33.3. The monoisotopic (exact) mass is 766 g/mol. The summed E-state index contributed by atoms with van der Waals surface area (Å²) in [6, 6.07) is 19.8. The van der Waals surface area contributed by atoms with Gasteiger partial charge in [0, 0.05) is 25.7 Å². The Labute approximate surface area is 323 Å². The molecule has 1 heterocycles. The molecule has 0 saturated carbocycles. The van der Waals surface area contributed by atoms with E-state index in [9.17, 15) is 14.7 Å². The SMILES string of the molecule is CCC[C@@](O)(C(=O)OC(C)(C)C)/C(=C/CCCCCCNC(=O)OCC[Si](C)(C)C)C(=O)N1C(=S)OC(c2ccccc2)(c2ccccc2)[C@@H]1C(C)C. The summed E-state index contributed by atoms with van der Waals surface area (Å²) in [5.41, 5.74) is -2.66. The summed E-state index contributed by atoms with van der Waals surface area (Å²) >= 11 is 5.90. The van der Waals surface area contributed by atoms with Crippen LogP contribution in [0.25, 0.3) is 0 Å². The number of hydrogen-bond donors (Lipinski definition) is 2. The van der Waals surface area contributed by atoms with Gasteiger partial charge in [-0.25, -0.2) is 9.59 Å². The van der Waals surface area contributed by atoms with Gasteiger partial charge in [-0.15, -0.1) is 0 Å². The fraction of sp³-hybridized carbons (Fsp3) is 0.571. The molecule has 2 aromatic rings. The number of amides is 2. The van der Waals surface area contributed by atoms with Gasteiger partial charge in [-0.1, -0.05) is 126 Å². The van der Waals surface area contributed by atoms with Crippen LogP contribution in [0.5, 0.6) is 0 Å². The maximum absolute atomic E-state index is 15.1. The standard InChI is InChI=1S/C42H62N2O7SSi/c1-10-27-41(48,37(46)50-40(4,5)6)34(26-20-12-11-13-21-28-43-38(47)49-29-30-53(7,8)9)36(45)44-35(31(2)3)42(51-39(44)52,32-22-16-14-17-23-32)33-24-18-15-19-25-33/h14-19,22-26,31,35,48H,10-13,20-21,27-30H2,1-9H3,(H,43,47)/b34-26+/t35-,41-/m0/s1. The highest BCUT2D eigenvalue weighted by Crippen LogP contribution is 2.48. The summed E-state index contributed by atoms with van der Waals surface area (Å²) in [5.74, 6) is -1.62. The lowest BCUT2D eigenvalue weighted by Crippen LogP contribution is -2.54. The first-order valence-corrected chi connectivity index (χ1v) is 23.2. The number of nitrogens with zero attached hydrogens (tertiary/aromatic N) is 1. The van der Waals surface area contributed by atoms with Gasteiger partial charge >= 0.3 is 12.1 Å². The Bertz CT molecular complexity index is 1510. The largest absolute Gasteiger partial charge is 0.458 e. The molecule has 1 aliphatic rings. The summed E-state index contributed by atoms with van der Waals surface area (Å²) in [5, 5.41) is 15.1. The molecule has 0 aromatic heterocycles. The lowest BCUT2D eigenvalue weighted by atomic mass is 9.75. The van der Waals surface area contributed by atoms with E-state index >= 15 is 4.79 Å². The fourth-order valence-corrected chi connectivity index (χ4v) is 7.75. The molecule has 9 nitrogen and oxygen atoms in total. The van der Waals surface area contributed by atoms with Crippen LogP contribution in [0.2, 0.25) is 25.7 Å². The topological polar surface area (TPSA) is 114 Å². The summed E-state index contributed by atoms with van der Waals surface area (Å²) in [7, 11) is -1.27. The average Bonchev–Trinajstić information content (AvgIpc) is 3.41. The highest BCUT2D eigenvalue weighted by Gasteiger charge is 2.59. The Morgan fingerprint density at radius 1 is 0.981 bits per heavy atom. The van der Waals surface area contributed by atoms with Crippen LogP contribution in [0.3, 0.4) is 0 Å². The molecule has 53 heavy (non-hydrogen) atoms. The van der Waals surface area contributed by atoms with Gasteiger partial charge in [0.25, 0.3) is 11.1 Å². The summed E-state index contributed by atoms with van der Waals surface area (Å²) in [6.45, 7) is 18.7. The molecule has 3 rings (SSSR count). The molecule has 0 bridgehead atoms. The Morgan fingerprint density at radius 3 is 2.06 bits per heavy atom. The third-order valence-electron chi connectivity index (χ3n) is 9.25. The normalized spacial score (nSPS) is 17.3. The highest BCUT2D eigenvalue weighted by atomic mass is 32.1. The first-order valence-electron chi connectivity index (χ1n) is 19.1. The van der Waals surface area contributed by atoms with E-state index in [1.54, 1.807) is 26.8 Å². The van der Waals surface area contributed by atoms with E-state index in [4.69, 9.17) is 26.4 Å². The number of aliphatic hydroxyl groups is 1. The first kappa shape index (κ1) is 43.9. The minimum Gasteiger partial charge on any atom is -0.458 e. The van der Waals surface area contributed by atoms with Crippen molar-refractivity contribution in [2.45, 2.75) is 135 Å².